The molecule has 4 rings (SSSR count). The lowest BCUT2D eigenvalue weighted by atomic mass is 9.62. The Labute approximate surface area is 165 Å². The highest BCUT2D eigenvalue weighted by molar-refractivity contribution is 5.95. The van der Waals surface area contributed by atoms with Gasteiger partial charge < -0.3 is 18.9 Å². The molecule has 2 aliphatic rings. The van der Waals surface area contributed by atoms with Crippen LogP contribution in [0.15, 0.2) is 24.5 Å². The molecule has 2 fully saturated rings. The summed E-state index contributed by atoms with van der Waals surface area (Å²) in [5.41, 5.74) is 0.735. The Bertz CT molecular complexity index is 837. The molecule has 1 saturated heterocycles. The molecular formula is C21H28N4O3. The van der Waals surface area contributed by atoms with E-state index in [9.17, 15) is 4.79 Å². The molecule has 2 aromatic rings. The average Bonchev–Trinajstić information content (AvgIpc) is 3.31. The van der Waals surface area contributed by atoms with Gasteiger partial charge in [-0.2, -0.15) is 0 Å². The molecular weight excluding hydrogens is 356 g/mol. The molecule has 0 radical (unpaired) electrons. The van der Waals surface area contributed by atoms with Gasteiger partial charge in [-0.25, -0.2) is 0 Å². The molecule has 7 heteroatoms. The van der Waals surface area contributed by atoms with E-state index in [1.807, 2.05) is 11.2 Å². The van der Waals surface area contributed by atoms with Crippen LogP contribution in [0.1, 0.15) is 54.7 Å². The first-order valence-electron chi connectivity index (χ1n) is 10.0. The van der Waals surface area contributed by atoms with E-state index in [1.54, 1.807) is 32.4 Å². The fraction of sp³-hybridized carbons (Fsp3) is 0.571. The van der Waals surface area contributed by atoms with Gasteiger partial charge in [-0.1, -0.05) is 13.3 Å². The van der Waals surface area contributed by atoms with E-state index in [1.165, 1.54) is 6.42 Å². The van der Waals surface area contributed by atoms with Gasteiger partial charge in [0, 0.05) is 37.2 Å². The van der Waals surface area contributed by atoms with Crippen molar-refractivity contribution in [3.8, 4) is 11.5 Å². The first-order valence-corrected chi connectivity index (χ1v) is 10.0. The predicted molar refractivity (Wildman–Crippen MR) is 105 cm³/mol. The topological polar surface area (TPSA) is 69.5 Å². The number of methoxy groups -OCH3 is 2. The number of amides is 1. The van der Waals surface area contributed by atoms with Crippen LogP contribution in [0.3, 0.4) is 0 Å². The van der Waals surface area contributed by atoms with Crippen LogP contribution in [0.2, 0.25) is 0 Å². The van der Waals surface area contributed by atoms with Gasteiger partial charge in [-0.15, -0.1) is 10.2 Å². The summed E-state index contributed by atoms with van der Waals surface area (Å²) >= 11 is 0. The van der Waals surface area contributed by atoms with Gasteiger partial charge in [0.1, 0.15) is 23.7 Å². The lowest BCUT2D eigenvalue weighted by Gasteiger charge is -2.42. The van der Waals surface area contributed by atoms with Crippen molar-refractivity contribution < 1.29 is 14.3 Å². The number of nitrogens with zero attached hydrogens (tertiary/aromatic N) is 4. The summed E-state index contributed by atoms with van der Waals surface area (Å²) in [4.78, 5) is 15.3. The highest BCUT2D eigenvalue weighted by Crippen LogP contribution is 2.55. The summed E-state index contributed by atoms with van der Waals surface area (Å²) in [7, 11) is 3.19. The van der Waals surface area contributed by atoms with E-state index in [0.29, 0.717) is 23.6 Å². The third-order valence-corrected chi connectivity index (χ3v) is 6.30. The fourth-order valence-electron chi connectivity index (χ4n) is 4.68. The number of aryl methyl sites for hydroxylation is 1. The van der Waals surface area contributed by atoms with Crippen LogP contribution in [0, 0.1) is 5.41 Å². The monoisotopic (exact) mass is 384 g/mol. The number of hydrogen-bond donors (Lipinski definition) is 0. The molecule has 1 aromatic carbocycles. The zero-order chi connectivity index (χ0) is 19.7. The Balaban J connectivity index is 1.62. The number of carbonyl (C=O) groups excluding carboxylic acids is 1. The van der Waals surface area contributed by atoms with Gasteiger partial charge in [0.15, 0.2) is 0 Å². The molecule has 1 atom stereocenters. The van der Waals surface area contributed by atoms with Crippen LogP contribution >= 0.6 is 0 Å². The maximum Gasteiger partial charge on any atom is 0.254 e. The lowest BCUT2D eigenvalue weighted by molar-refractivity contribution is 0.0722. The second kappa shape index (κ2) is 7.45. The first-order chi connectivity index (χ1) is 13.6. The van der Waals surface area contributed by atoms with Crippen molar-refractivity contribution in [1.82, 2.24) is 19.7 Å². The molecule has 0 bridgehead atoms. The molecule has 1 unspecified atom stereocenters. The van der Waals surface area contributed by atoms with Crippen molar-refractivity contribution in [2.24, 2.45) is 5.41 Å². The number of benzene rings is 1. The lowest BCUT2D eigenvalue weighted by Crippen LogP contribution is -2.38. The largest absolute Gasteiger partial charge is 0.497 e. The molecule has 1 amide bonds. The molecule has 7 nitrogen and oxygen atoms in total. The Kier molecular flexibility index (Phi) is 5.00. The SMILES string of the molecule is CCCn1cnnc1C1CN(C(=O)c2cc(OC)cc(OC)c2)CC12CCC2. The van der Waals surface area contributed by atoms with E-state index >= 15 is 0 Å². The maximum atomic E-state index is 13.3. The smallest absolute Gasteiger partial charge is 0.254 e. The zero-order valence-corrected chi connectivity index (χ0v) is 16.9. The van der Waals surface area contributed by atoms with E-state index in [4.69, 9.17) is 9.47 Å². The van der Waals surface area contributed by atoms with E-state index in [0.717, 1.165) is 38.2 Å². The van der Waals surface area contributed by atoms with E-state index < -0.39 is 0 Å². The fourth-order valence-corrected chi connectivity index (χ4v) is 4.68. The normalized spacial score (nSPS) is 20.2. The summed E-state index contributed by atoms with van der Waals surface area (Å²) in [5, 5.41) is 8.61. The van der Waals surface area contributed by atoms with E-state index in [-0.39, 0.29) is 17.2 Å². The van der Waals surface area contributed by atoms with Crippen molar-refractivity contribution >= 4 is 5.91 Å². The molecule has 1 aliphatic carbocycles. The molecule has 1 aromatic heterocycles. The van der Waals surface area contributed by atoms with Gasteiger partial charge >= 0.3 is 0 Å². The van der Waals surface area contributed by atoms with Crippen molar-refractivity contribution in [2.75, 3.05) is 27.3 Å². The third kappa shape index (κ3) is 3.12. The summed E-state index contributed by atoms with van der Waals surface area (Å²) in [5.74, 6) is 2.54. The molecule has 28 heavy (non-hydrogen) atoms. The standard InChI is InChI=1S/C21H28N4O3/c1-4-8-24-14-22-23-19(24)18-12-25(13-21(18)6-5-7-21)20(26)15-9-16(27-2)11-17(10-15)28-3/h9-11,14,18H,4-8,12-13H2,1-3H3. The molecule has 0 N–H and O–H groups in total. The number of rotatable bonds is 6. The highest BCUT2D eigenvalue weighted by Gasteiger charge is 2.53. The second-order valence-electron chi connectivity index (χ2n) is 7.94. The molecule has 1 spiro atoms. The summed E-state index contributed by atoms with van der Waals surface area (Å²) in [6.45, 7) is 4.52. The highest BCUT2D eigenvalue weighted by atomic mass is 16.5. The van der Waals surface area contributed by atoms with Crippen LogP contribution in [0.25, 0.3) is 0 Å². The number of aromatic nitrogens is 3. The Hall–Kier alpha value is -2.57. The quantitative estimate of drug-likeness (QED) is 0.765. The number of ether oxygens (including phenoxy) is 2. The van der Waals surface area contributed by atoms with Crippen molar-refractivity contribution in [2.45, 2.75) is 45.1 Å². The van der Waals surface area contributed by atoms with Gasteiger partial charge in [0.25, 0.3) is 5.91 Å². The first kappa shape index (κ1) is 18.8. The number of hydrogen-bond acceptors (Lipinski definition) is 5. The summed E-state index contributed by atoms with van der Waals surface area (Å²) in [6, 6.07) is 5.35. The summed E-state index contributed by atoms with van der Waals surface area (Å²) in [6.07, 6.45) is 6.36. The minimum atomic E-state index is 0.0209. The second-order valence-corrected chi connectivity index (χ2v) is 7.94. The molecule has 2 heterocycles. The van der Waals surface area contributed by atoms with Crippen molar-refractivity contribution in [3.05, 3.63) is 35.9 Å². The van der Waals surface area contributed by atoms with Gasteiger partial charge in [0.2, 0.25) is 0 Å². The van der Waals surface area contributed by atoms with Crippen LogP contribution in [-0.4, -0.2) is 52.9 Å². The average molecular weight is 384 g/mol. The predicted octanol–water partition coefficient (Wildman–Crippen LogP) is 3.12. The van der Waals surface area contributed by atoms with Gasteiger partial charge in [-0.3, -0.25) is 4.79 Å². The molecule has 150 valence electrons. The van der Waals surface area contributed by atoms with E-state index in [2.05, 4.69) is 21.7 Å². The maximum absolute atomic E-state index is 13.3. The minimum absolute atomic E-state index is 0.0209. The van der Waals surface area contributed by atoms with Crippen LogP contribution in [-0.2, 0) is 6.54 Å². The number of carbonyl (C=O) groups is 1. The minimum Gasteiger partial charge on any atom is -0.497 e. The van der Waals surface area contributed by atoms with Crippen LogP contribution in [0.5, 0.6) is 11.5 Å². The van der Waals surface area contributed by atoms with Gasteiger partial charge in [0.05, 0.1) is 14.2 Å². The zero-order valence-electron chi connectivity index (χ0n) is 16.9. The van der Waals surface area contributed by atoms with Crippen molar-refractivity contribution in [1.29, 1.82) is 0 Å². The number of likely N-dealkylation sites (tertiary alicyclic amines) is 1. The van der Waals surface area contributed by atoms with Gasteiger partial charge in [-0.05, 0) is 36.8 Å². The Morgan fingerprint density at radius 1 is 1.21 bits per heavy atom. The Morgan fingerprint density at radius 3 is 2.50 bits per heavy atom. The molecule has 1 aliphatic heterocycles. The summed E-state index contributed by atoms with van der Waals surface area (Å²) < 4.78 is 12.8. The van der Waals surface area contributed by atoms with Crippen LogP contribution < -0.4 is 9.47 Å². The van der Waals surface area contributed by atoms with Crippen molar-refractivity contribution in [3.63, 3.8) is 0 Å². The molecule has 1 saturated carbocycles. The van der Waals surface area contributed by atoms with Crippen LogP contribution in [0.4, 0.5) is 0 Å². The third-order valence-electron chi connectivity index (χ3n) is 6.30. The Morgan fingerprint density at radius 2 is 1.93 bits per heavy atom.